The number of anilines is 2. The Hall–Kier alpha value is -7.71. The maximum Gasteiger partial charge on any atom is 0.346 e. The Morgan fingerprint density at radius 2 is 1.03 bits per heavy atom. The molecule has 344 valence electrons. The number of hydrogen-bond acceptors (Lipinski definition) is 11. The molecule has 0 spiro atoms. The van der Waals surface area contributed by atoms with Gasteiger partial charge in [0.1, 0.15) is 47.0 Å². The molecule has 0 radical (unpaired) electrons. The Morgan fingerprint density at radius 3 is 1.42 bits per heavy atom. The van der Waals surface area contributed by atoms with Crippen molar-refractivity contribution in [1.29, 1.82) is 10.5 Å². The van der Waals surface area contributed by atoms with Gasteiger partial charge in [-0.05, 0) is 169 Å². The second-order valence-electron chi connectivity index (χ2n) is 17.6. The summed E-state index contributed by atoms with van der Waals surface area (Å²) in [5, 5.41) is 35.4. The maximum atomic E-state index is 11.1. The third-order valence-corrected chi connectivity index (χ3v) is 15.3. The zero-order valence-electron chi connectivity index (χ0n) is 37.6. The summed E-state index contributed by atoms with van der Waals surface area (Å²) < 4.78 is 12.2. The Morgan fingerprint density at radius 1 is 0.594 bits per heavy atom. The molecule has 0 aliphatic carbocycles. The van der Waals surface area contributed by atoms with E-state index >= 15 is 0 Å². The van der Waals surface area contributed by atoms with Gasteiger partial charge in [0.15, 0.2) is 0 Å². The van der Waals surface area contributed by atoms with Gasteiger partial charge >= 0.3 is 11.9 Å². The van der Waals surface area contributed by atoms with Gasteiger partial charge in [0.2, 0.25) is 0 Å². The average molecular weight is 951 g/mol. The fraction of sp³-hybridized carbons (Fsp3) is 0.232. The highest BCUT2D eigenvalue weighted by atomic mass is 32.1. The predicted octanol–water partition coefficient (Wildman–Crippen LogP) is 12.8. The van der Waals surface area contributed by atoms with Gasteiger partial charge in [-0.2, -0.15) is 10.5 Å². The van der Waals surface area contributed by atoms with E-state index in [0.717, 1.165) is 56.8 Å². The Bertz CT molecular complexity index is 3370. The minimum Gasteiger partial charge on any atom is -0.480 e. The van der Waals surface area contributed by atoms with Crippen LogP contribution in [0.25, 0.3) is 70.2 Å². The predicted molar refractivity (Wildman–Crippen MR) is 272 cm³/mol. The van der Waals surface area contributed by atoms with Crippen LogP contribution in [0.2, 0.25) is 0 Å². The maximum absolute atomic E-state index is 11.1. The first-order valence-corrected chi connectivity index (χ1v) is 24.8. The van der Waals surface area contributed by atoms with Gasteiger partial charge in [0.25, 0.3) is 0 Å². The molecule has 0 fully saturated rings. The highest BCUT2D eigenvalue weighted by Gasteiger charge is 2.26. The topological polar surface area (TPSA) is 172 Å². The molecule has 8 heterocycles. The van der Waals surface area contributed by atoms with Crippen LogP contribution in [0, 0.1) is 22.7 Å². The molecule has 11 nitrogen and oxygen atoms in total. The summed E-state index contributed by atoms with van der Waals surface area (Å²) in [4.78, 5) is 41.4. The summed E-state index contributed by atoms with van der Waals surface area (Å²) in [6.45, 7) is 4.78. The molecule has 4 aliphatic heterocycles. The fourth-order valence-corrected chi connectivity index (χ4v) is 11.9. The lowest BCUT2D eigenvalue weighted by molar-refractivity contribution is -0.136. The molecule has 12 rings (SSSR count). The van der Waals surface area contributed by atoms with Crippen LogP contribution in [0.3, 0.4) is 0 Å². The van der Waals surface area contributed by atoms with Crippen LogP contribution in [-0.2, 0) is 35.3 Å². The lowest BCUT2D eigenvalue weighted by atomic mass is 9.90. The van der Waals surface area contributed by atoms with Gasteiger partial charge in [-0.1, -0.05) is 24.3 Å². The van der Waals surface area contributed by atoms with Crippen LogP contribution in [0.1, 0.15) is 70.3 Å². The molecule has 0 amide bonds. The number of aliphatic carboxylic acids is 2. The number of rotatable bonds is 8. The number of hydrogen-bond donors (Lipinski definition) is 2. The van der Waals surface area contributed by atoms with Crippen molar-refractivity contribution in [3.05, 3.63) is 136 Å². The number of benzene rings is 4. The Balaban J connectivity index is 0.000000145. The first-order chi connectivity index (χ1) is 33.6. The zero-order valence-corrected chi connectivity index (χ0v) is 39.3. The van der Waals surface area contributed by atoms with E-state index in [1.807, 2.05) is 24.3 Å². The van der Waals surface area contributed by atoms with Gasteiger partial charge in [0, 0.05) is 63.6 Å². The zero-order chi connectivity index (χ0) is 47.6. The number of carbonyl (C=O) groups is 3. The first kappa shape index (κ1) is 45.1. The van der Waals surface area contributed by atoms with Crippen molar-refractivity contribution >= 4 is 80.3 Å². The molecule has 0 unspecified atom stereocenters. The van der Waals surface area contributed by atoms with Crippen LogP contribution in [0.15, 0.2) is 111 Å². The highest BCUT2D eigenvalue weighted by molar-refractivity contribution is 7.19. The largest absolute Gasteiger partial charge is 0.480 e. The minimum atomic E-state index is -1.24. The molecular weight excluding hydrogens is 905 g/mol. The number of carbonyl (C=O) groups excluding carboxylic acids is 1. The Kier molecular flexibility index (Phi) is 12.7. The first-order valence-electron chi connectivity index (χ1n) is 23.1. The van der Waals surface area contributed by atoms with E-state index in [0.29, 0.717) is 16.7 Å². The average Bonchev–Trinajstić information content (AvgIpc) is 4.20. The lowest BCUT2D eigenvalue weighted by Crippen LogP contribution is -2.34. The molecule has 0 bridgehead atoms. The molecule has 4 aromatic heterocycles. The summed E-state index contributed by atoms with van der Waals surface area (Å²) in [7, 11) is 0. The molecule has 0 saturated heterocycles. The van der Waals surface area contributed by atoms with Crippen molar-refractivity contribution in [2.75, 3.05) is 36.0 Å². The number of nitriles is 2. The number of carboxylic acid groups (broad SMARTS) is 2. The number of carboxylic acids is 2. The number of aryl methyl sites for hydroxylation is 4. The van der Waals surface area contributed by atoms with Crippen molar-refractivity contribution in [2.45, 2.75) is 57.8 Å². The smallest absolute Gasteiger partial charge is 0.346 e. The van der Waals surface area contributed by atoms with Gasteiger partial charge < -0.3 is 28.8 Å². The molecule has 8 aromatic rings. The number of nitrogens with zero attached hydrogens (tertiary/aromatic N) is 4. The summed E-state index contributed by atoms with van der Waals surface area (Å²) in [5.74, 6) is -0.656. The van der Waals surface area contributed by atoms with Crippen LogP contribution < -0.4 is 9.80 Å². The molecule has 4 aromatic carbocycles. The van der Waals surface area contributed by atoms with E-state index in [1.54, 1.807) is 46.9 Å². The van der Waals surface area contributed by atoms with E-state index in [1.165, 1.54) is 131 Å². The second-order valence-corrected chi connectivity index (χ2v) is 19.8. The van der Waals surface area contributed by atoms with E-state index in [-0.39, 0.29) is 5.57 Å². The second kappa shape index (κ2) is 19.5. The molecule has 4 aliphatic rings. The van der Waals surface area contributed by atoms with Crippen LogP contribution >= 0.6 is 22.7 Å². The summed E-state index contributed by atoms with van der Waals surface area (Å²) in [6, 6.07) is 36.5. The number of thiophene rings is 2. The van der Waals surface area contributed by atoms with Crippen molar-refractivity contribution in [2.24, 2.45) is 0 Å². The lowest BCUT2D eigenvalue weighted by Gasteiger charge is -2.37. The molecule has 69 heavy (non-hydrogen) atoms. The SMILES string of the molecule is N#C/C(=C/c1ccc2cc(-c3ccc(-c4cc5c6c(c4)CCCN6CCC5)s3)oc2c1)C(=O)O.N#CCC(=O)O.O=Cc1ccc2cc(-c3ccc(-c4cc5c6c(c4)CCCN6CCC5)s3)oc2c1. The molecule has 13 heteroatoms. The van der Waals surface area contributed by atoms with E-state index < -0.39 is 18.4 Å². The van der Waals surface area contributed by atoms with E-state index in [2.05, 4.69) is 64.4 Å². The van der Waals surface area contributed by atoms with Gasteiger partial charge in [0.05, 0.1) is 15.8 Å². The summed E-state index contributed by atoms with van der Waals surface area (Å²) >= 11 is 3.50. The fourth-order valence-electron chi connectivity index (χ4n) is 10.0. The van der Waals surface area contributed by atoms with Crippen LogP contribution in [-0.4, -0.2) is 54.6 Å². The Labute approximate surface area is 406 Å². The standard InChI is InChI=1S/C28H22N2O3S.C25H21NO2S.C3H3NO2/c29-16-22(28(31)32)11-17-5-6-18-15-24(33-23(18)12-17)26-8-7-25(34-26)21-13-19-3-1-9-30-10-2-4-20(14-21)27(19)30;27-15-16-5-6-17-14-22(28-21(17)11-16)24-8-7-23(29-24)20-12-18-3-1-9-26-10-2-4-19(13-20)25(18)26;4-2-1-3(5)6/h5-8,11-15H,1-4,9-10H2,(H,31,32);5-8,11-15H,1-4,9-10H2;1H2,(H,5,6)/b22-11-;;. The summed E-state index contributed by atoms with van der Waals surface area (Å²) in [5.41, 5.74) is 14.0. The van der Waals surface area contributed by atoms with E-state index in [4.69, 9.17) is 29.6 Å². The quantitative estimate of drug-likeness (QED) is 0.0843. The number of fused-ring (bicyclic) bond motifs is 2. The van der Waals surface area contributed by atoms with Crippen molar-refractivity contribution in [3.63, 3.8) is 0 Å². The number of aldehydes is 1. The number of furan rings is 2. The monoisotopic (exact) mass is 950 g/mol. The van der Waals surface area contributed by atoms with Crippen molar-refractivity contribution < 1.29 is 33.4 Å². The van der Waals surface area contributed by atoms with Crippen molar-refractivity contribution in [3.8, 4) is 54.3 Å². The third-order valence-electron chi connectivity index (χ3n) is 13.0. The molecule has 0 atom stereocenters. The van der Waals surface area contributed by atoms with Gasteiger partial charge in [-0.15, -0.1) is 22.7 Å². The summed E-state index contributed by atoms with van der Waals surface area (Å²) in [6.07, 6.45) is 11.5. The molecule has 0 saturated carbocycles. The van der Waals surface area contributed by atoms with E-state index in [9.17, 15) is 14.4 Å². The van der Waals surface area contributed by atoms with Gasteiger partial charge in [-0.25, -0.2) is 4.79 Å². The minimum absolute atomic E-state index is 0.304. The van der Waals surface area contributed by atoms with Gasteiger partial charge in [-0.3, -0.25) is 9.59 Å². The third kappa shape index (κ3) is 9.44. The highest BCUT2D eigenvalue weighted by Crippen LogP contribution is 2.44. The normalized spacial score (nSPS) is 14.6. The molecular formula is C56H46N4O7S2. The van der Waals surface area contributed by atoms with Crippen molar-refractivity contribution in [1.82, 2.24) is 0 Å². The molecule has 2 N–H and O–H groups in total. The van der Waals surface area contributed by atoms with Crippen LogP contribution in [0.5, 0.6) is 0 Å². The van der Waals surface area contributed by atoms with Crippen LogP contribution in [0.4, 0.5) is 11.4 Å².